The molecule has 0 bridgehead atoms. The molecule has 0 unspecified atom stereocenters. The smallest absolute Gasteiger partial charge is 0.317 e. The van der Waals surface area contributed by atoms with Gasteiger partial charge in [-0.25, -0.2) is 4.79 Å². The fraction of sp³-hybridized carbons (Fsp3) is 0.941. The summed E-state index contributed by atoms with van der Waals surface area (Å²) in [5.74, 6) is 0.604. The highest BCUT2D eigenvalue weighted by atomic mass is 16.5. The van der Waals surface area contributed by atoms with Crippen molar-refractivity contribution in [3.63, 3.8) is 0 Å². The van der Waals surface area contributed by atoms with Crippen LogP contribution in [0.5, 0.6) is 0 Å². The second-order valence-electron chi connectivity index (χ2n) is 6.81. The molecular weight excluding hydrogens is 280 g/mol. The summed E-state index contributed by atoms with van der Waals surface area (Å²) in [6.45, 7) is 8.31. The molecule has 0 aromatic rings. The van der Waals surface area contributed by atoms with Crippen molar-refractivity contribution in [2.24, 2.45) is 5.92 Å². The van der Waals surface area contributed by atoms with Crippen molar-refractivity contribution >= 4 is 6.03 Å². The summed E-state index contributed by atoms with van der Waals surface area (Å²) in [5.41, 5.74) is 0. The Labute approximate surface area is 134 Å². The zero-order chi connectivity index (χ0) is 15.8. The van der Waals surface area contributed by atoms with Gasteiger partial charge in [0, 0.05) is 39.0 Å². The molecule has 0 saturated carbocycles. The number of likely N-dealkylation sites (tertiary alicyclic amines) is 1. The molecule has 2 rings (SSSR count). The minimum Gasteiger partial charge on any atom is -0.381 e. The SMILES string of the molecule is C[C@H]1CCC[C@@H](C)N(C(=O)NCCCOC2CCOCC2)C1. The predicted octanol–water partition coefficient (Wildman–Crippen LogP) is 2.79. The summed E-state index contributed by atoms with van der Waals surface area (Å²) in [5, 5.41) is 3.05. The lowest BCUT2D eigenvalue weighted by Crippen LogP contribution is -2.46. The molecule has 0 aromatic carbocycles. The van der Waals surface area contributed by atoms with Crippen molar-refractivity contribution in [1.82, 2.24) is 10.2 Å². The maximum atomic E-state index is 12.3. The fourth-order valence-electron chi connectivity index (χ4n) is 3.27. The Morgan fingerprint density at radius 2 is 2.00 bits per heavy atom. The van der Waals surface area contributed by atoms with Gasteiger partial charge < -0.3 is 19.7 Å². The third kappa shape index (κ3) is 5.76. The van der Waals surface area contributed by atoms with Gasteiger partial charge in [0.2, 0.25) is 0 Å². The predicted molar refractivity (Wildman–Crippen MR) is 87.0 cm³/mol. The van der Waals surface area contributed by atoms with Crippen LogP contribution in [0.25, 0.3) is 0 Å². The molecule has 2 aliphatic heterocycles. The van der Waals surface area contributed by atoms with Crippen molar-refractivity contribution < 1.29 is 14.3 Å². The van der Waals surface area contributed by atoms with E-state index in [0.29, 0.717) is 24.6 Å². The molecule has 5 heteroatoms. The molecule has 0 aliphatic carbocycles. The lowest BCUT2D eigenvalue weighted by atomic mass is 10.1. The van der Waals surface area contributed by atoms with Gasteiger partial charge in [0.15, 0.2) is 0 Å². The van der Waals surface area contributed by atoms with E-state index in [2.05, 4.69) is 19.2 Å². The van der Waals surface area contributed by atoms with Gasteiger partial charge in [-0.3, -0.25) is 0 Å². The fourth-order valence-corrected chi connectivity index (χ4v) is 3.27. The van der Waals surface area contributed by atoms with Gasteiger partial charge in [-0.15, -0.1) is 0 Å². The van der Waals surface area contributed by atoms with Crippen molar-refractivity contribution in [2.75, 3.05) is 32.9 Å². The number of rotatable bonds is 5. The first kappa shape index (κ1) is 17.5. The van der Waals surface area contributed by atoms with Crippen molar-refractivity contribution in [2.45, 2.75) is 64.5 Å². The number of amides is 2. The van der Waals surface area contributed by atoms with Crippen LogP contribution in [-0.2, 0) is 9.47 Å². The Morgan fingerprint density at radius 1 is 1.23 bits per heavy atom. The average Bonchev–Trinajstić information content (AvgIpc) is 2.69. The number of nitrogens with one attached hydrogen (secondary N) is 1. The number of urea groups is 1. The number of ether oxygens (including phenoxy) is 2. The van der Waals surface area contributed by atoms with Gasteiger partial charge in [-0.1, -0.05) is 13.3 Å². The van der Waals surface area contributed by atoms with Crippen LogP contribution in [0.1, 0.15) is 52.4 Å². The highest BCUT2D eigenvalue weighted by Gasteiger charge is 2.24. The molecule has 2 saturated heterocycles. The zero-order valence-corrected chi connectivity index (χ0v) is 14.2. The summed E-state index contributed by atoms with van der Waals surface area (Å²) >= 11 is 0. The Hall–Kier alpha value is -0.810. The first-order valence-corrected chi connectivity index (χ1v) is 8.90. The largest absolute Gasteiger partial charge is 0.381 e. The van der Waals surface area contributed by atoms with Crippen LogP contribution in [-0.4, -0.2) is 56.0 Å². The van der Waals surface area contributed by atoms with E-state index in [1.54, 1.807) is 0 Å². The molecule has 2 aliphatic rings. The van der Waals surface area contributed by atoms with Crippen LogP contribution >= 0.6 is 0 Å². The number of carbonyl (C=O) groups excluding carboxylic acids is 1. The Kier molecular flexibility index (Phi) is 7.46. The third-order valence-electron chi connectivity index (χ3n) is 4.74. The Balaban J connectivity index is 1.60. The minimum absolute atomic E-state index is 0.0901. The maximum Gasteiger partial charge on any atom is 0.317 e. The molecule has 2 heterocycles. The maximum absolute atomic E-state index is 12.3. The summed E-state index contributed by atoms with van der Waals surface area (Å²) in [4.78, 5) is 14.3. The van der Waals surface area contributed by atoms with Crippen LogP contribution in [0.3, 0.4) is 0 Å². The van der Waals surface area contributed by atoms with E-state index < -0.39 is 0 Å². The standard InChI is InChI=1S/C17H32N2O3/c1-14-5-3-6-15(2)19(13-14)17(20)18-9-4-10-22-16-7-11-21-12-8-16/h14-16H,3-13H2,1-2H3,(H,18,20)/t14-,15+/m0/s1. The first-order chi connectivity index (χ1) is 10.7. The Bertz CT molecular complexity index is 332. The molecule has 0 radical (unpaired) electrons. The molecule has 128 valence electrons. The number of nitrogens with zero attached hydrogens (tertiary/aromatic N) is 1. The average molecular weight is 312 g/mol. The normalized spacial score (nSPS) is 27.5. The van der Waals surface area contributed by atoms with Gasteiger partial charge in [0.05, 0.1) is 6.10 Å². The van der Waals surface area contributed by atoms with E-state index in [1.165, 1.54) is 12.8 Å². The van der Waals surface area contributed by atoms with Crippen molar-refractivity contribution in [1.29, 1.82) is 0 Å². The van der Waals surface area contributed by atoms with Crippen LogP contribution in [0.4, 0.5) is 4.79 Å². The molecule has 2 atom stereocenters. The summed E-state index contributed by atoms with van der Waals surface area (Å²) < 4.78 is 11.1. The number of carbonyl (C=O) groups is 1. The van der Waals surface area contributed by atoms with Gasteiger partial charge >= 0.3 is 6.03 Å². The second kappa shape index (κ2) is 9.36. The van der Waals surface area contributed by atoms with Crippen LogP contribution in [0.15, 0.2) is 0 Å². The molecule has 0 spiro atoms. The lowest BCUT2D eigenvalue weighted by molar-refractivity contribution is -0.0321. The highest BCUT2D eigenvalue weighted by molar-refractivity contribution is 5.74. The number of hydrogen-bond donors (Lipinski definition) is 1. The van der Waals surface area contributed by atoms with Crippen molar-refractivity contribution in [3.05, 3.63) is 0 Å². The van der Waals surface area contributed by atoms with Crippen LogP contribution in [0, 0.1) is 5.92 Å². The van der Waals surface area contributed by atoms with E-state index in [9.17, 15) is 4.79 Å². The topological polar surface area (TPSA) is 50.8 Å². The van der Waals surface area contributed by atoms with E-state index in [4.69, 9.17) is 9.47 Å². The molecular formula is C17H32N2O3. The highest BCUT2D eigenvalue weighted by Crippen LogP contribution is 2.20. The quantitative estimate of drug-likeness (QED) is 0.794. The van der Waals surface area contributed by atoms with E-state index >= 15 is 0 Å². The van der Waals surface area contributed by atoms with Crippen LogP contribution < -0.4 is 5.32 Å². The monoisotopic (exact) mass is 312 g/mol. The summed E-state index contributed by atoms with van der Waals surface area (Å²) in [6.07, 6.45) is 6.78. The molecule has 0 aromatic heterocycles. The lowest BCUT2D eigenvalue weighted by Gasteiger charge is -2.29. The Morgan fingerprint density at radius 3 is 2.77 bits per heavy atom. The molecule has 22 heavy (non-hydrogen) atoms. The van der Waals surface area contributed by atoms with Gasteiger partial charge in [0.25, 0.3) is 0 Å². The molecule has 1 N–H and O–H groups in total. The zero-order valence-electron chi connectivity index (χ0n) is 14.2. The van der Waals surface area contributed by atoms with Crippen LogP contribution in [0.2, 0.25) is 0 Å². The van der Waals surface area contributed by atoms with E-state index in [1.807, 2.05) is 4.90 Å². The first-order valence-electron chi connectivity index (χ1n) is 8.90. The number of hydrogen-bond acceptors (Lipinski definition) is 3. The van der Waals surface area contributed by atoms with E-state index in [-0.39, 0.29) is 6.03 Å². The molecule has 2 amide bonds. The van der Waals surface area contributed by atoms with Crippen molar-refractivity contribution in [3.8, 4) is 0 Å². The van der Waals surface area contributed by atoms with Gasteiger partial charge in [-0.05, 0) is 44.9 Å². The second-order valence-corrected chi connectivity index (χ2v) is 6.81. The summed E-state index contributed by atoms with van der Waals surface area (Å²) in [6, 6.07) is 0.441. The van der Waals surface area contributed by atoms with E-state index in [0.717, 1.165) is 52.0 Å². The van der Waals surface area contributed by atoms with Gasteiger partial charge in [0.1, 0.15) is 0 Å². The molecule has 5 nitrogen and oxygen atoms in total. The van der Waals surface area contributed by atoms with Gasteiger partial charge in [-0.2, -0.15) is 0 Å². The summed E-state index contributed by atoms with van der Waals surface area (Å²) in [7, 11) is 0. The third-order valence-corrected chi connectivity index (χ3v) is 4.74. The minimum atomic E-state index is 0.0901. The molecule has 2 fully saturated rings.